The summed E-state index contributed by atoms with van der Waals surface area (Å²) in [5.74, 6) is 0. The van der Waals surface area contributed by atoms with Gasteiger partial charge in [0.15, 0.2) is 0 Å². The molecule has 0 spiro atoms. The Labute approximate surface area is 100 Å². The Bertz CT molecular complexity index is 355. The highest BCUT2D eigenvalue weighted by Crippen LogP contribution is 2.37. The highest BCUT2D eigenvalue weighted by molar-refractivity contribution is 9.10. The second kappa shape index (κ2) is 3.60. The monoisotopic (exact) mass is 267 g/mol. The standard InChI is InChI=1S/C13H18BrN/c1-12(2)8-9-13(3,15-12)10-4-6-11(14)7-5-10/h4-7,15H,8-9H2,1-3H3. The zero-order chi connectivity index (χ0) is 11.1. The lowest BCUT2D eigenvalue weighted by molar-refractivity contribution is 0.353. The average Bonchev–Trinajstić information content (AvgIpc) is 2.43. The van der Waals surface area contributed by atoms with E-state index in [4.69, 9.17) is 0 Å². The lowest BCUT2D eigenvalue weighted by atomic mass is 9.91. The molecule has 0 aliphatic carbocycles. The Balaban J connectivity index is 2.27. The minimum Gasteiger partial charge on any atom is -0.303 e. The first kappa shape index (κ1) is 11.2. The molecule has 1 fully saturated rings. The van der Waals surface area contributed by atoms with Crippen LogP contribution in [0.3, 0.4) is 0 Å². The van der Waals surface area contributed by atoms with Crippen molar-refractivity contribution in [3.8, 4) is 0 Å². The van der Waals surface area contributed by atoms with Gasteiger partial charge in [0.2, 0.25) is 0 Å². The van der Waals surface area contributed by atoms with Gasteiger partial charge >= 0.3 is 0 Å². The van der Waals surface area contributed by atoms with E-state index < -0.39 is 0 Å². The van der Waals surface area contributed by atoms with Gasteiger partial charge in [0, 0.05) is 15.6 Å². The van der Waals surface area contributed by atoms with E-state index >= 15 is 0 Å². The fourth-order valence-corrected chi connectivity index (χ4v) is 2.73. The van der Waals surface area contributed by atoms with Crippen LogP contribution in [0, 0.1) is 0 Å². The van der Waals surface area contributed by atoms with Crippen LogP contribution in [0.25, 0.3) is 0 Å². The van der Waals surface area contributed by atoms with Gasteiger partial charge in [0.1, 0.15) is 0 Å². The van der Waals surface area contributed by atoms with Crippen LogP contribution >= 0.6 is 15.9 Å². The number of nitrogens with one attached hydrogen (secondary N) is 1. The molecule has 0 aromatic heterocycles. The Morgan fingerprint density at radius 2 is 1.67 bits per heavy atom. The van der Waals surface area contributed by atoms with Crippen molar-refractivity contribution in [2.45, 2.75) is 44.7 Å². The van der Waals surface area contributed by atoms with E-state index in [-0.39, 0.29) is 11.1 Å². The Morgan fingerprint density at radius 3 is 2.13 bits per heavy atom. The molecule has 1 aliphatic heterocycles. The van der Waals surface area contributed by atoms with E-state index in [1.807, 2.05) is 0 Å². The summed E-state index contributed by atoms with van der Waals surface area (Å²) in [6, 6.07) is 8.65. The van der Waals surface area contributed by atoms with Crippen molar-refractivity contribution in [2.24, 2.45) is 0 Å². The lowest BCUT2D eigenvalue weighted by Gasteiger charge is -2.29. The molecule has 1 heterocycles. The summed E-state index contributed by atoms with van der Waals surface area (Å²) in [4.78, 5) is 0. The van der Waals surface area contributed by atoms with Crippen LogP contribution in [-0.2, 0) is 5.54 Å². The van der Waals surface area contributed by atoms with Gasteiger partial charge in [-0.25, -0.2) is 0 Å². The number of halogens is 1. The van der Waals surface area contributed by atoms with E-state index in [9.17, 15) is 0 Å². The van der Waals surface area contributed by atoms with Gasteiger partial charge in [-0.15, -0.1) is 0 Å². The maximum atomic E-state index is 3.73. The molecule has 0 bridgehead atoms. The van der Waals surface area contributed by atoms with Crippen molar-refractivity contribution < 1.29 is 0 Å². The fourth-order valence-electron chi connectivity index (χ4n) is 2.47. The first-order valence-corrected chi connectivity index (χ1v) is 6.26. The van der Waals surface area contributed by atoms with E-state index in [1.54, 1.807) is 0 Å². The topological polar surface area (TPSA) is 12.0 Å². The van der Waals surface area contributed by atoms with Gasteiger partial charge in [0.25, 0.3) is 0 Å². The van der Waals surface area contributed by atoms with Crippen LogP contribution < -0.4 is 5.32 Å². The molecule has 82 valence electrons. The molecule has 0 amide bonds. The zero-order valence-corrected chi connectivity index (χ0v) is 11.2. The molecule has 1 nitrogen and oxygen atoms in total. The Kier molecular flexibility index (Phi) is 2.68. The maximum Gasteiger partial charge on any atom is 0.0410 e. The largest absolute Gasteiger partial charge is 0.303 e. The van der Waals surface area contributed by atoms with Gasteiger partial charge < -0.3 is 5.32 Å². The van der Waals surface area contributed by atoms with E-state index in [0.717, 1.165) is 4.47 Å². The zero-order valence-electron chi connectivity index (χ0n) is 9.60. The maximum absolute atomic E-state index is 3.73. The third kappa shape index (κ3) is 2.26. The Morgan fingerprint density at radius 1 is 1.07 bits per heavy atom. The van der Waals surface area contributed by atoms with Crippen LogP contribution in [-0.4, -0.2) is 5.54 Å². The molecule has 1 aromatic carbocycles. The van der Waals surface area contributed by atoms with Crippen molar-refractivity contribution in [1.29, 1.82) is 0 Å². The van der Waals surface area contributed by atoms with E-state index in [2.05, 4.69) is 66.3 Å². The molecule has 1 aromatic rings. The number of hydrogen-bond donors (Lipinski definition) is 1. The molecular formula is C13H18BrN. The van der Waals surface area contributed by atoms with E-state index in [0.29, 0.717) is 0 Å². The number of benzene rings is 1. The third-order valence-electron chi connectivity index (χ3n) is 3.35. The predicted octanol–water partition coefficient (Wildman–Crippen LogP) is 3.83. The fraction of sp³-hybridized carbons (Fsp3) is 0.538. The smallest absolute Gasteiger partial charge is 0.0410 e. The second-order valence-corrected chi connectivity index (χ2v) is 6.26. The summed E-state index contributed by atoms with van der Waals surface area (Å²) in [6.45, 7) is 6.85. The molecule has 0 saturated carbocycles. The van der Waals surface area contributed by atoms with E-state index in [1.165, 1.54) is 18.4 Å². The third-order valence-corrected chi connectivity index (χ3v) is 3.87. The quantitative estimate of drug-likeness (QED) is 0.816. The van der Waals surface area contributed by atoms with Crippen LogP contribution in [0.1, 0.15) is 39.2 Å². The molecule has 1 aliphatic rings. The second-order valence-electron chi connectivity index (χ2n) is 5.35. The number of hydrogen-bond acceptors (Lipinski definition) is 1. The highest BCUT2D eigenvalue weighted by Gasteiger charge is 2.39. The van der Waals surface area contributed by atoms with Gasteiger partial charge in [-0.3, -0.25) is 0 Å². The number of rotatable bonds is 1. The SMILES string of the molecule is CC1(C)CCC(C)(c2ccc(Br)cc2)N1. The van der Waals surface area contributed by atoms with Crippen molar-refractivity contribution in [2.75, 3.05) is 0 Å². The summed E-state index contributed by atoms with van der Waals surface area (Å²) in [7, 11) is 0. The minimum absolute atomic E-state index is 0.143. The first-order chi connectivity index (χ1) is 6.91. The summed E-state index contributed by atoms with van der Waals surface area (Å²) >= 11 is 3.47. The molecule has 1 N–H and O–H groups in total. The van der Waals surface area contributed by atoms with Gasteiger partial charge in [0.05, 0.1) is 0 Å². The molecule has 1 atom stereocenters. The minimum atomic E-state index is 0.143. The molecule has 15 heavy (non-hydrogen) atoms. The first-order valence-electron chi connectivity index (χ1n) is 5.47. The van der Waals surface area contributed by atoms with Crippen molar-refractivity contribution >= 4 is 15.9 Å². The molecule has 1 saturated heterocycles. The summed E-state index contributed by atoms with van der Waals surface area (Å²) in [6.07, 6.45) is 2.45. The summed E-state index contributed by atoms with van der Waals surface area (Å²) in [5.41, 5.74) is 1.79. The van der Waals surface area contributed by atoms with Gasteiger partial charge in [-0.2, -0.15) is 0 Å². The van der Waals surface area contributed by atoms with Crippen molar-refractivity contribution in [1.82, 2.24) is 5.32 Å². The molecule has 1 unspecified atom stereocenters. The van der Waals surface area contributed by atoms with Crippen molar-refractivity contribution in [3.05, 3.63) is 34.3 Å². The molecular weight excluding hydrogens is 250 g/mol. The van der Waals surface area contributed by atoms with Gasteiger partial charge in [-0.1, -0.05) is 28.1 Å². The normalized spacial score (nSPS) is 29.3. The Hall–Kier alpha value is -0.340. The van der Waals surface area contributed by atoms with Crippen molar-refractivity contribution in [3.63, 3.8) is 0 Å². The summed E-state index contributed by atoms with van der Waals surface area (Å²) < 4.78 is 1.15. The molecule has 2 rings (SSSR count). The van der Waals surface area contributed by atoms with Crippen LogP contribution in [0.5, 0.6) is 0 Å². The van der Waals surface area contributed by atoms with Crippen LogP contribution in [0.4, 0.5) is 0 Å². The van der Waals surface area contributed by atoms with Crippen LogP contribution in [0.2, 0.25) is 0 Å². The van der Waals surface area contributed by atoms with Crippen LogP contribution in [0.15, 0.2) is 28.7 Å². The highest BCUT2D eigenvalue weighted by atomic mass is 79.9. The summed E-state index contributed by atoms with van der Waals surface area (Å²) in [5, 5.41) is 3.73. The predicted molar refractivity (Wildman–Crippen MR) is 67.9 cm³/mol. The van der Waals surface area contributed by atoms with Gasteiger partial charge in [-0.05, 0) is 51.3 Å². The molecule has 0 radical (unpaired) electrons. The average molecular weight is 268 g/mol. The lowest BCUT2D eigenvalue weighted by Crippen LogP contribution is -2.43. The molecule has 2 heteroatoms.